The smallest absolute Gasteiger partial charge is 0.345 e. The number of hydrogen-bond acceptors (Lipinski definition) is 5. The Morgan fingerprint density at radius 2 is 2.15 bits per heavy atom. The van der Waals surface area contributed by atoms with Crippen molar-refractivity contribution in [2.45, 2.75) is 19.8 Å². The molecule has 0 aliphatic heterocycles. The molecule has 0 fully saturated rings. The van der Waals surface area contributed by atoms with E-state index in [-0.39, 0.29) is 5.56 Å². The van der Waals surface area contributed by atoms with Gasteiger partial charge in [-0.2, -0.15) is 0 Å². The van der Waals surface area contributed by atoms with Crippen LogP contribution in [0.15, 0.2) is 33.7 Å². The van der Waals surface area contributed by atoms with Gasteiger partial charge >= 0.3 is 5.97 Å². The van der Waals surface area contributed by atoms with Gasteiger partial charge in [0.2, 0.25) is 5.43 Å². The quantitative estimate of drug-likeness (QED) is 0.620. The molecule has 20 heavy (non-hydrogen) atoms. The summed E-state index contributed by atoms with van der Waals surface area (Å²) in [5.74, 6) is -0.127. The highest BCUT2D eigenvalue weighted by Crippen LogP contribution is 2.19. The molecule has 0 aliphatic rings. The number of hydrogen-bond donors (Lipinski definition) is 0. The number of ether oxygens (including phenoxy) is 2. The summed E-state index contributed by atoms with van der Waals surface area (Å²) < 4.78 is 15.4. The van der Waals surface area contributed by atoms with Crippen molar-refractivity contribution in [2.75, 3.05) is 13.7 Å². The second-order valence-electron chi connectivity index (χ2n) is 4.33. The first-order valence-corrected chi connectivity index (χ1v) is 6.44. The van der Waals surface area contributed by atoms with E-state index in [0.717, 1.165) is 19.1 Å². The molecule has 0 saturated carbocycles. The SMILES string of the molecule is CCCCOc1ccc2occ(C(=O)OC)c(=O)c2c1. The molecule has 0 radical (unpaired) electrons. The van der Waals surface area contributed by atoms with Crippen LogP contribution < -0.4 is 10.2 Å². The van der Waals surface area contributed by atoms with Gasteiger partial charge in [0.25, 0.3) is 0 Å². The van der Waals surface area contributed by atoms with Gasteiger partial charge in [-0.05, 0) is 24.6 Å². The average Bonchev–Trinajstić information content (AvgIpc) is 2.47. The Morgan fingerprint density at radius 3 is 2.85 bits per heavy atom. The summed E-state index contributed by atoms with van der Waals surface area (Å²) in [5.41, 5.74) is -0.129. The van der Waals surface area contributed by atoms with Crippen molar-refractivity contribution in [3.8, 4) is 5.75 Å². The van der Waals surface area contributed by atoms with E-state index < -0.39 is 11.4 Å². The Labute approximate surface area is 116 Å². The Balaban J connectivity index is 2.41. The minimum atomic E-state index is -0.710. The molecular weight excluding hydrogens is 260 g/mol. The molecule has 0 saturated heterocycles. The van der Waals surface area contributed by atoms with E-state index in [1.807, 2.05) is 0 Å². The number of esters is 1. The maximum absolute atomic E-state index is 12.2. The Morgan fingerprint density at radius 1 is 1.35 bits per heavy atom. The Hall–Kier alpha value is -2.30. The van der Waals surface area contributed by atoms with Crippen LogP contribution in [0.25, 0.3) is 11.0 Å². The van der Waals surface area contributed by atoms with Crippen LogP contribution in [0.5, 0.6) is 5.75 Å². The topological polar surface area (TPSA) is 65.7 Å². The normalized spacial score (nSPS) is 10.5. The molecule has 0 amide bonds. The summed E-state index contributed by atoms with van der Waals surface area (Å²) in [6, 6.07) is 4.97. The lowest BCUT2D eigenvalue weighted by molar-refractivity contribution is 0.0597. The van der Waals surface area contributed by atoms with Crippen LogP contribution in [-0.4, -0.2) is 19.7 Å². The van der Waals surface area contributed by atoms with Crippen LogP contribution in [0.1, 0.15) is 30.1 Å². The van der Waals surface area contributed by atoms with Crippen LogP contribution in [0.3, 0.4) is 0 Å². The van der Waals surface area contributed by atoms with Gasteiger partial charge in [-0.15, -0.1) is 0 Å². The highest BCUT2D eigenvalue weighted by molar-refractivity contribution is 5.92. The van der Waals surface area contributed by atoms with E-state index >= 15 is 0 Å². The zero-order chi connectivity index (χ0) is 14.5. The zero-order valence-electron chi connectivity index (χ0n) is 11.5. The fourth-order valence-corrected chi connectivity index (χ4v) is 1.79. The molecule has 0 aliphatic carbocycles. The van der Waals surface area contributed by atoms with Gasteiger partial charge in [-0.3, -0.25) is 4.79 Å². The van der Waals surface area contributed by atoms with Crippen molar-refractivity contribution in [1.29, 1.82) is 0 Å². The van der Waals surface area contributed by atoms with Gasteiger partial charge in [-0.25, -0.2) is 4.79 Å². The van der Waals surface area contributed by atoms with Gasteiger partial charge < -0.3 is 13.9 Å². The molecule has 0 atom stereocenters. The van der Waals surface area contributed by atoms with Crippen molar-refractivity contribution in [1.82, 2.24) is 0 Å². The van der Waals surface area contributed by atoms with Gasteiger partial charge in [0, 0.05) is 0 Å². The maximum atomic E-state index is 12.2. The standard InChI is InChI=1S/C15H16O5/c1-3-4-7-19-10-5-6-13-11(8-10)14(16)12(9-20-13)15(17)18-2/h5-6,8-9H,3-4,7H2,1-2H3. The summed E-state index contributed by atoms with van der Waals surface area (Å²) >= 11 is 0. The summed E-state index contributed by atoms with van der Waals surface area (Å²) in [6.07, 6.45) is 3.09. The van der Waals surface area contributed by atoms with Crippen molar-refractivity contribution >= 4 is 16.9 Å². The lowest BCUT2D eigenvalue weighted by Crippen LogP contribution is -2.16. The van der Waals surface area contributed by atoms with Crippen molar-refractivity contribution < 1.29 is 18.7 Å². The Kier molecular flexibility index (Phi) is 4.40. The molecule has 106 valence electrons. The predicted octanol–water partition coefficient (Wildman–Crippen LogP) is 2.76. The molecule has 5 nitrogen and oxygen atoms in total. The number of unbranched alkanes of at least 4 members (excludes halogenated alkanes) is 1. The number of rotatable bonds is 5. The largest absolute Gasteiger partial charge is 0.494 e. The highest BCUT2D eigenvalue weighted by atomic mass is 16.5. The number of carbonyl (C=O) groups is 1. The predicted molar refractivity (Wildman–Crippen MR) is 74.2 cm³/mol. The van der Waals surface area contributed by atoms with E-state index in [9.17, 15) is 9.59 Å². The third-order valence-corrected chi connectivity index (χ3v) is 2.92. The summed E-state index contributed by atoms with van der Waals surface area (Å²) in [7, 11) is 1.22. The van der Waals surface area contributed by atoms with Crippen LogP contribution in [0, 0.1) is 0 Å². The van der Waals surface area contributed by atoms with Crippen LogP contribution in [0.4, 0.5) is 0 Å². The Bertz CT molecular complexity index is 672. The maximum Gasteiger partial charge on any atom is 0.345 e. The molecule has 2 rings (SSSR count). The number of carbonyl (C=O) groups excluding carboxylic acids is 1. The highest BCUT2D eigenvalue weighted by Gasteiger charge is 2.15. The van der Waals surface area contributed by atoms with E-state index in [1.54, 1.807) is 18.2 Å². The van der Waals surface area contributed by atoms with Crippen LogP contribution in [-0.2, 0) is 4.74 Å². The number of benzene rings is 1. The van der Waals surface area contributed by atoms with Gasteiger partial charge in [-0.1, -0.05) is 13.3 Å². The third kappa shape index (κ3) is 2.82. The molecule has 1 aromatic carbocycles. The lowest BCUT2D eigenvalue weighted by atomic mass is 10.1. The number of fused-ring (bicyclic) bond motifs is 1. The minimum absolute atomic E-state index is 0.120. The molecule has 0 bridgehead atoms. The van der Waals surface area contributed by atoms with E-state index in [0.29, 0.717) is 23.3 Å². The second-order valence-corrected chi connectivity index (χ2v) is 4.33. The van der Waals surface area contributed by atoms with Crippen molar-refractivity contribution in [3.05, 3.63) is 40.2 Å². The molecule has 5 heteroatoms. The molecular formula is C15H16O5. The molecule has 2 aromatic rings. The van der Waals surface area contributed by atoms with Crippen molar-refractivity contribution in [2.24, 2.45) is 0 Å². The first-order chi connectivity index (χ1) is 9.67. The third-order valence-electron chi connectivity index (χ3n) is 2.92. The fourth-order valence-electron chi connectivity index (χ4n) is 1.79. The van der Waals surface area contributed by atoms with E-state index in [2.05, 4.69) is 11.7 Å². The van der Waals surface area contributed by atoms with Gasteiger partial charge in [0.05, 0.1) is 19.1 Å². The first-order valence-electron chi connectivity index (χ1n) is 6.44. The summed E-state index contributed by atoms with van der Waals surface area (Å²) in [6.45, 7) is 2.66. The molecule has 0 unspecified atom stereocenters. The zero-order valence-corrected chi connectivity index (χ0v) is 11.5. The average molecular weight is 276 g/mol. The first kappa shape index (κ1) is 14.1. The number of methoxy groups -OCH3 is 1. The molecule has 1 heterocycles. The minimum Gasteiger partial charge on any atom is -0.494 e. The lowest BCUT2D eigenvalue weighted by Gasteiger charge is -2.06. The molecule has 0 spiro atoms. The van der Waals surface area contributed by atoms with Crippen LogP contribution >= 0.6 is 0 Å². The molecule has 1 aromatic heterocycles. The fraction of sp³-hybridized carbons (Fsp3) is 0.333. The summed E-state index contributed by atoms with van der Waals surface area (Å²) in [4.78, 5) is 23.7. The van der Waals surface area contributed by atoms with Crippen LogP contribution in [0.2, 0.25) is 0 Å². The monoisotopic (exact) mass is 276 g/mol. The van der Waals surface area contributed by atoms with E-state index in [4.69, 9.17) is 9.15 Å². The summed E-state index contributed by atoms with van der Waals surface area (Å²) in [5, 5.41) is 0.307. The van der Waals surface area contributed by atoms with Gasteiger partial charge in [0.15, 0.2) is 0 Å². The van der Waals surface area contributed by atoms with Gasteiger partial charge in [0.1, 0.15) is 23.2 Å². The molecule has 0 N–H and O–H groups in total. The van der Waals surface area contributed by atoms with E-state index in [1.165, 1.54) is 7.11 Å². The second kappa shape index (κ2) is 6.23. The van der Waals surface area contributed by atoms with Crippen molar-refractivity contribution in [3.63, 3.8) is 0 Å².